The number of nitrogens with one attached hydrogen (secondary N) is 3. The summed E-state index contributed by atoms with van der Waals surface area (Å²) in [5.74, 6) is 2.00. The molecule has 0 aliphatic carbocycles. The van der Waals surface area contributed by atoms with Crippen molar-refractivity contribution in [3.05, 3.63) is 95.8 Å². The van der Waals surface area contributed by atoms with Gasteiger partial charge in [-0.05, 0) is 64.3 Å². The molecule has 3 N–H and O–H groups in total. The molecule has 1 saturated heterocycles. The first-order valence-corrected chi connectivity index (χ1v) is 15.9. The van der Waals surface area contributed by atoms with Crippen LogP contribution in [0, 0.1) is 6.92 Å². The lowest BCUT2D eigenvalue weighted by Gasteiger charge is -2.33. The molecule has 47 heavy (non-hydrogen) atoms. The Hall–Kier alpha value is -5.13. The van der Waals surface area contributed by atoms with Crippen LogP contribution in [0.15, 0.2) is 77.9 Å². The maximum absolute atomic E-state index is 13.1. The number of aromatic nitrogens is 3. The van der Waals surface area contributed by atoms with E-state index in [0.717, 1.165) is 60.0 Å². The van der Waals surface area contributed by atoms with Gasteiger partial charge in [-0.1, -0.05) is 36.4 Å². The number of rotatable bonds is 12. The molecule has 1 aromatic carbocycles. The van der Waals surface area contributed by atoms with E-state index in [4.69, 9.17) is 18.9 Å². The maximum atomic E-state index is 13.1. The number of nitrogens with zero attached hydrogens (tertiary/aromatic N) is 4. The number of anilines is 3. The Morgan fingerprint density at radius 3 is 2.51 bits per heavy atom. The number of hydrogen-bond donors (Lipinski definition) is 3. The zero-order valence-corrected chi connectivity index (χ0v) is 27.4. The van der Waals surface area contributed by atoms with Crippen molar-refractivity contribution in [1.29, 1.82) is 0 Å². The Kier molecular flexibility index (Phi) is 10.9. The molecule has 1 aliphatic heterocycles. The Balaban J connectivity index is 1.18. The monoisotopic (exact) mass is 641 g/mol. The van der Waals surface area contributed by atoms with Gasteiger partial charge in [-0.25, -0.2) is 24.5 Å². The molecular weight excluding hydrogens is 598 g/mol. The van der Waals surface area contributed by atoms with Crippen molar-refractivity contribution in [2.75, 3.05) is 35.2 Å². The third kappa shape index (κ3) is 9.68. The van der Waals surface area contributed by atoms with E-state index in [1.165, 1.54) is 6.33 Å². The van der Waals surface area contributed by atoms with Gasteiger partial charge in [0.2, 0.25) is 0 Å². The second kappa shape index (κ2) is 15.4. The highest BCUT2D eigenvalue weighted by Gasteiger charge is 2.29. The average Bonchev–Trinajstić information content (AvgIpc) is 3.59. The lowest BCUT2D eigenvalue weighted by atomic mass is 9.93. The van der Waals surface area contributed by atoms with Crippen molar-refractivity contribution in [2.24, 2.45) is 0 Å². The zero-order valence-electron chi connectivity index (χ0n) is 27.4. The molecule has 0 saturated carbocycles. The summed E-state index contributed by atoms with van der Waals surface area (Å²) < 4.78 is 16.1. The van der Waals surface area contributed by atoms with Gasteiger partial charge in [-0.2, -0.15) is 0 Å². The fraction of sp³-hybridized carbons (Fsp3) is 0.400. The highest BCUT2D eigenvalue weighted by atomic mass is 16.6. The molecule has 4 aromatic rings. The van der Waals surface area contributed by atoms with Crippen molar-refractivity contribution >= 4 is 29.5 Å². The number of hydrogen-bond acceptors (Lipinski definition) is 11. The second-order valence-electron chi connectivity index (χ2n) is 12.5. The van der Waals surface area contributed by atoms with Crippen LogP contribution in [0.5, 0.6) is 0 Å². The fourth-order valence-electron chi connectivity index (χ4n) is 5.36. The largest absolute Gasteiger partial charge is 0.472 e. The van der Waals surface area contributed by atoms with E-state index in [0.29, 0.717) is 18.3 Å². The third-order valence-electron chi connectivity index (χ3n) is 7.76. The van der Waals surface area contributed by atoms with Crippen molar-refractivity contribution in [3.63, 3.8) is 0 Å². The summed E-state index contributed by atoms with van der Waals surface area (Å²) in [6.07, 6.45) is 6.04. The Bertz CT molecular complexity index is 1600. The van der Waals surface area contributed by atoms with E-state index in [1.54, 1.807) is 33.3 Å². The van der Waals surface area contributed by atoms with Crippen LogP contribution in [-0.2, 0) is 27.4 Å². The van der Waals surface area contributed by atoms with E-state index in [1.807, 2.05) is 55.5 Å². The van der Waals surface area contributed by atoms with E-state index in [2.05, 4.69) is 36.9 Å². The van der Waals surface area contributed by atoms with Gasteiger partial charge < -0.3 is 34.7 Å². The highest BCUT2D eigenvalue weighted by molar-refractivity contribution is 5.82. The van der Waals surface area contributed by atoms with Crippen molar-refractivity contribution in [2.45, 2.75) is 71.2 Å². The van der Waals surface area contributed by atoms with E-state index in [9.17, 15) is 9.59 Å². The van der Waals surface area contributed by atoms with Crippen molar-refractivity contribution in [3.8, 4) is 0 Å². The Morgan fingerprint density at radius 2 is 1.79 bits per heavy atom. The highest BCUT2D eigenvalue weighted by Crippen LogP contribution is 2.32. The average molecular weight is 642 g/mol. The predicted molar refractivity (Wildman–Crippen MR) is 179 cm³/mol. The predicted octanol–water partition coefficient (Wildman–Crippen LogP) is 5.82. The lowest BCUT2D eigenvalue weighted by Crippen LogP contribution is -2.48. The Morgan fingerprint density at radius 1 is 1.00 bits per heavy atom. The van der Waals surface area contributed by atoms with E-state index in [-0.39, 0.29) is 13.2 Å². The first kappa shape index (κ1) is 33.2. The topological polar surface area (TPSA) is 144 Å². The SMILES string of the molecule is Cc1c(NCC(NC(=O)OCc2ccccc2)C(=O)OC(C)(C)C)ncnc1N1CCC(c2cccc(NCc3ccoc3)n2)CC1. The molecule has 12 heteroatoms. The van der Waals surface area contributed by atoms with Crippen LogP contribution in [0.4, 0.5) is 22.2 Å². The summed E-state index contributed by atoms with van der Waals surface area (Å²) in [4.78, 5) is 41.9. The number of alkyl carbamates (subject to hydrolysis) is 1. The summed E-state index contributed by atoms with van der Waals surface area (Å²) in [5, 5.41) is 9.25. The molecule has 4 heterocycles. The molecule has 0 spiro atoms. The molecule has 0 radical (unpaired) electrons. The number of ether oxygens (including phenoxy) is 2. The normalized spacial score (nSPS) is 14.3. The van der Waals surface area contributed by atoms with Gasteiger partial charge >= 0.3 is 12.1 Å². The molecule has 1 atom stereocenters. The van der Waals surface area contributed by atoms with Gasteiger partial charge in [0.25, 0.3) is 0 Å². The zero-order chi connectivity index (χ0) is 33.2. The lowest BCUT2D eigenvalue weighted by molar-refractivity contribution is -0.156. The molecule has 248 valence electrons. The standard InChI is InChI=1S/C35H43N7O5/c1-24-31(37-20-29(33(43)47-35(2,3)4)41-34(44)46-22-25-9-6-5-7-10-25)38-23-39-32(24)42-16-13-27(14-17-42)28-11-8-12-30(40-28)36-19-26-15-18-45-21-26/h5-12,15,18,21,23,27,29H,13-14,16-17,19-20,22H2,1-4H3,(H,36,40)(H,41,44)(H,37,38,39). The van der Waals surface area contributed by atoms with Crippen molar-refractivity contribution < 1.29 is 23.5 Å². The van der Waals surface area contributed by atoms with Crippen LogP contribution >= 0.6 is 0 Å². The smallest absolute Gasteiger partial charge is 0.408 e. The molecule has 1 unspecified atom stereocenters. The van der Waals surface area contributed by atoms with Gasteiger partial charge in [-0.15, -0.1) is 0 Å². The van der Waals surface area contributed by atoms with Gasteiger partial charge in [0.1, 0.15) is 42.0 Å². The van der Waals surface area contributed by atoms with Crippen LogP contribution in [0.2, 0.25) is 0 Å². The minimum Gasteiger partial charge on any atom is -0.472 e. The van der Waals surface area contributed by atoms with Crippen LogP contribution in [0.3, 0.4) is 0 Å². The van der Waals surface area contributed by atoms with Gasteiger partial charge in [0.15, 0.2) is 0 Å². The Labute approximate surface area is 275 Å². The quantitative estimate of drug-likeness (QED) is 0.161. The van der Waals surface area contributed by atoms with E-state index >= 15 is 0 Å². The number of amides is 1. The summed E-state index contributed by atoms with van der Waals surface area (Å²) in [7, 11) is 0. The van der Waals surface area contributed by atoms with Gasteiger partial charge in [-0.3, -0.25) is 0 Å². The van der Waals surface area contributed by atoms with Gasteiger partial charge in [0, 0.05) is 48.9 Å². The van der Waals surface area contributed by atoms with Crippen LogP contribution in [-0.4, -0.2) is 58.3 Å². The first-order valence-electron chi connectivity index (χ1n) is 15.9. The van der Waals surface area contributed by atoms with E-state index < -0.39 is 23.7 Å². The molecule has 1 amide bonds. The number of piperidine rings is 1. The summed E-state index contributed by atoms with van der Waals surface area (Å²) in [6, 6.07) is 16.4. The minimum absolute atomic E-state index is 0.0470. The summed E-state index contributed by atoms with van der Waals surface area (Å²) >= 11 is 0. The number of pyridine rings is 1. The molecule has 3 aromatic heterocycles. The van der Waals surface area contributed by atoms with Crippen molar-refractivity contribution in [1.82, 2.24) is 20.3 Å². The molecule has 12 nitrogen and oxygen atoms in total. The molecule has 1 aliphatic rings. The van der Waals surface area contributed by atoms with Gasteiger partial charge in [0.05, 0.1) is 12.5 Å². The first-order chi connectivity index (χ1) is 22.6. The molecule has 0 bridgehead atoms. The summed E-state index contributed by atoms with van der Waals surface area (Å²) in [6.45, 7) is 9.69. The number of benzene rings is 1. The number of carbonyl (C=O) groups is 2. The number of furan rings is 1. The fourth-order valence-corrected chi connectivity index (χ4v) is 5.36. The molecule has 5 rings (SSSR count). The summed E-state index contributed by atoms with van der Waals surface area (Å²) in [5.41, 5.74) is 3.10. The van der Waals surface area contributed by atoms with Crippen LogP contribution < -0.4 is 20.9 Å². The molecular formula is C35H43N7O5. The number of carbonyl (C=O) groups excluding carboxylic acids is 2. The molecule has 1 fully saturated rings. The number of esters is 1. The minimum atomic E-state index is -1.01. The van der Waals surface area contributed by atoms with Crippen LogP contribution in [0.25, 0.3) is 0 Å². The third-order valence-corrected chi connectivity index (χ3v) is 7.76. The maximum Gasteiger partial charge on any atom is 0.408 e. The second-order valence-corrected chi connectivity index (χ2v) is 12.5. The van der Waals surface area contributed by atoms with Crippen LogP contribution in [0.1, 0.15) is 61.9 Å².